The van der Waals surface area contributed by atoms with E-state index in [-0.39, 0.29) is 6.61 Å². The monoisotopic (exact) mass is 303 g/mol. The molecular weight excluding hydrogens is 286 g/mol. The van der Waals surface area contributed by atoms with Gasteiger partial charge in [-0.05, 0) is 18.4 Å². The average Bonchev–Trinajstić information content (AvgIpc) is 3.16. The Bertz CT molecular complexity index is 739. The van der Waals surface area contributed by atoms with Crippen LogP contribution >= 0.6 is 0 Å². The molecule has 22 heavy (non-hydrogen) atoms. The van der Waals surface area contributed by atoms with Crippen molar-refractivity contribution in [3.8, 4) is 0 Å². The van der Waals surface area contributed by atoms with E-state index in [4.69, 9.17) is 0 Å². The lowest BCUT2D eigenvalue weighted by Gasteiger charge is -2.18. The Kier molecular flexibility index (Phi) is 3.10. The molecule has 0 amide bonds. The Morgan fingerprint density at radius 2 is 2.05 bits per heavy atom. The second-order valence-corrected chi connectivity index (χ2v) is 5.79. The standard InChI is InChI=1S/C14H17N5O3/c20-4-7-3-9(12(22)11(7)21)19-6-17-10-13(18-8-1-2-8)15-5-16-14(10)19/h3,5-6,8-9,11-12,20-22H,1-2,4H2,(H,15,16,18)/t9-,11-,12+/m0/s1. The lowest BCUT2D eigenvalue weighted by atomic mass is 10.1. The smallest absolute Gasteiger partial charge is 0.166 e. The third kappa shape index (κ3) is 2.07. The first-order chi connectivity index (χ1) is 10.7. The van der Waals surface area contributed by atoms with Crippen molar-refractivity contribution in [3.63, 3.8) is 0 Å². The molecule has 2 aliphatic carbocycles. The van der Waals surface area contributed by atoms with Crippen LogP contribution in [-0.2, 0) is 0 Å². The minimum Gasteiger partial charge on any atom is -0.392 e. The maximum Gasteiger partial charge on any atom is 0.166 e. The van der Waals surface area contributed by atoms with Crippen molar-refractivity contribution in [1.29, 1.82) is 0 Å². The van der Waals surface area contributed by atoms with E-state index in [2.05, 4.69) is 20.3 Å². The van der Waals surface area contributed by atoms with Gasteiger partial charge in [0.05, 0.1) is 19.0 Å². The molecule has 0 aromatic carbocycles. The fourth-order valence-electron chi connectivity index (χ4n) is 2.81. The van der Waals surface area contributed by atoms with Gasteiger partial charge in [0.15, 0.2) is 11.5 Å². The number of imidazole rings is 1. The van der Waals surface area contributed by atoms with E-state index >= 15 is 0 Å². The number of aliphatic hydroxyl groups is 3. The molecular formula is C14H17N5O3. The quantitative estimate of drug-likeness (QED) is 0.568. The first kappa shape index (κ1) is 13.6. The molecule has 8 nitrogen and oxygen atoms in total. The van der Waals surface area contributed by atoms with Gasteiger partial charge in [-0.15, -0.1) is 0 Å². The lowest BCUT2D eigenvalue weighted by Crippen LogP contribution is -2.30. The number of rotatable bonds is 4. The molecule has 3 atom stereocenters. The molecule has 0 bridgehead atoms. The number of anilines is 1. The Balaban J connectivity index is 1.75. The molecule has 4 N–H and O–H groups in total. The Labute approximate surface area is 126 Å². The van der Waals surface area contributed by atoms with Crippen LogP contribution in [0, 0.1) is 0 Å². The van der Waals surface area contributed by atoms with Crippen LogP contribution in [0.25, 0.3) is 11.2 Å². The van der Waals surface area contributed by atoms with Crippen molar-refractivity contribution in [3.05, 3.63) is 24.3 Å². The van der Waals surface area contributed by atoms with E-state index in [0.717, 1.165) is 12.8 Å². The molecule has 0 aliphatic heterocycles. The molecule has 116 valence electrons. The molecule has 0 saturated heterocycles. The van der Waals surface area contributed by atoms with Gasteiger partial charge in [-0.25, -0.2) is 15.0 Å². The highest BCUT2D eigenvalue weighted by molar-refractivity contribution is 5.83. The summed E-state index contributed by atoms with van der Waals surface area (Å²) in [6, 6.07) is -0.0612. The van der Waals surface area contributed by atoms with Gasteiger partial charge in [0.1, 0.15) is 24.1 Å². The van der Waals surface area contributed by atoms with Crippen LogP contribution in [0.4, 0.5) is 5.82 Å². The Morgan fingerprint density at radius 3 is 2.73 bits per heavy atom. The highest BCUT2D eigenvalue weighted by Crippen LogP contribution is 2.33. The summed E-state index contributed by atoms with van der Waals surface area (Å²) in [5.74, 6) is 0.686. The van der Waals surface area contributed by atoms with Crippen molar-refractivity contribution in [1.82, 2.24) is 19.5 Å². The molecule has 2 heterocycles. The van der Waals surface area contributed by atoms with Crippen LogP contribution < -0.4 is 5.32 Å². The highest BCUT2D eigenvalue weighted by atomic mass is 16.3. The van der Waals surface area contributed by atoms with Crippen LogP contribution in [-0.4, -0.2) is 59.7 Å². The molecule has 1 saturated carbocycles. The van der Waals surface area contributed by atoms with Crippen LogP contribution in [0.3, 0.4) is 0 Å². The third-order valence-corrected chi connectivity index (χ3v) is 4.22. The van der Waals surface area contributed by atoms with E-state index < -0.39 is 18.2 Å². The predicted molar refractivity (Wildman–Crippen MR) is 78.2 cm³/mol. The van der Waals surface area contributed by atoms with Gasteiger partial charge in [-0.1, -0.05) is 6.08 Å². The Morgan fingerprint density at radius 1 is 1.23 bits per heavy atom. The van der Waals surface area contributed by atoms with Crippen LogP contribution in [0.15, 0.2) is 24.3 Å². The van der Waals surface area contributed by atoms with E-state index in [1.54, 1.807) is 17.0 Å². The topological polar surface area (TPSA) is 116 Å². The molecule has 0 radical (unpaired) electrons. The summed E-state index contributed by atoms with van der Waals surface area (Å²) in [6.07, 6.45) is 4.85. The minimum atomic E-state index is -1.07. The molecule has 4 rings (SSSR count). The summed E-state index contributed by atoms with van der Waals surface area (Å²) in [5.41, 5.74) is 1.64. The number of nitrogens with one attached hydrogen (secondary N) is 1. The normalized spacial score (nSPS) is 28.1. The minimum absolute atomic E-state index is 0.287. The van der Waals surface area contributed by atoms with Crippen molar-refractivity contribution >= 4 is 17.0 Å². The SMILES string of the molecule is OCC1=C[C@H](n2cnc3c(NC4CC4)ncnc32)[C@@H](O)[C@H]1O. The molecule has 8 heteroatoms. The maximum atomic E-state index is 10.2. The number of nitrogens with zero attached hydrogens (tertiary/aromatic N) is 4. The summed E-state index contributed by atoms with van der Waals surface area (Å²) in [4.78, 5) is 12.8. The third-order valence-electron chi connectivity index (χ3n) is 4.22. The van der Waals surface area contributed by atoms with E-state index in [1.165, 1.54) is 6.33 Å². The molecule has 2 aliphatic rings. The van der Waals surface area contributed by atoms with Gasteiger partial charge >= 0.3 is 0 Å². The largest absolute Gasteiger partial charge is 0.392 e. The van der Waals surface area contributed by atoms with Crippen LogP contribution in [0.1, 0.15) is 18.9 Å². The number of aromatic nitrogens is 4. The molecule has 2 aromatic rings. The van der Waals surface area contributed by atoms with E-state index in [9.17, 15) is 15.3 Å². The van der Waals surface area contributed by atoms with Crippen molar-refractivity contribution in [2.75, 3.05) is 11.9 Å². The summed E-state index contributed by atoms with van der Waals surface area (Å²) >= 11 is 0. The maximum absolute atomic E-state index is 10.2. The zero-order valence-corrected chi connectivity index (χ0v) is 11.8. The second kappa shape index (κ2) is 5.01. The summed E-state index contributed by atoms with van der Waals surface area (Å²) in [5, 5.41) is 32.7. The van der Waals surface area contributed by atoms with Gasteiger partial charge in [0.25, 0.3) is 0 Å². The highest BCUT2D eigenvalue weighted by Gasteiger charge is 2.36. The number of fused-ring (bicyclic) bond motifs is 1. The summed E-state index contributed by atoms with van der Waals surface area (Å²) < 4.78 is 1.70. The van der Waals surface area contributed by atoms with Gasteiger partial charge in [-0.2, -0.15) is 0 Å². The number of hydrogen-bond donors (Lipinski definition) is 4. The van der Waals surface area contributed by atoms with Crippen LogP contribution in [0.2, 0.25) is 0 Å². The van der Waals surface area contributed by atoms with E-state index in [0.29, 0.717) is 28.6 Å². The fraction of sp³-hybridized carbons (Fsp3) is 0.500. The van der Waals surface area contributed by atoms with Gasteiger partial charge in [0, 0.05) is 6.04 Å². The van der Waals surface area contributed by atoms with Gasteiger partial charge < -0.3 is 25.2 Å². The zero-order chi connectivity index (χ0) is 15.3. The second-order valence-electron chi connectivity index (χ2n) is 5.79. The van der Waals surface area contributed by atoms with E-state index in [1.807, 2.05) is 0 Å². The van der Waals surface area contributed by atoms with Crippen molar-refractivity contribution < 1.29 is 15.3 Å². The van der Waals surface area contributed by atoms with Gasteiger partial charge in [0.2, 0.25) is 0 Å². The summed E-state index contributed by atoms with van der Waals surface area (Å²) in [6.45, 7) is -0.287. The molecule has 0 unspecified atom stereocenters. The number of aliphatic hydroxyl groups excluding tert-OH is 3. The molecule has 2 aromatic heterocycles. The van der Waals surface area contributed by atoms with Crippen LogP contribution in [0.5, 0.6) is 0 Å². The fourth-order valence-corrected chi connectivity index (χ4v) is 2.81. The summed E-state index contributed by atoms with van der Waals surface area (Å²) in [7, 11) is 0. The molecule has 1 fully saturated rings. The van der Waals surface area contributed by atoms with Gasteiger partial charge in [-0.3, -0.25) is 0 Å². The van der Waals surface area contributed by atoms with Crippen molar-refractivity contribution in [2.24, 2.45) is 0 Å². The first-order valence-electron chi connectivity index (χ1n) is 7.30. The molecule has 0 spiro atoms. The van der Waals surface area contributed by atoms with Crippen molar-refractivity contribution in [2.45, 2.75) is 37.1 Å². The predicted octanol–water partition coefficient (Wildman–Crippen LogP) is -0.404. The zero-order valence-electron chi connectivity index (χ0n) is 11.8. The lowest BCUT2D eigenvalue weighted by molar-refractivity contribution is 0.0287. The number of hydrogen-bond acceptors (Lipinski definition) is 7. The first-order valence-corrected chi connectivity index (χ1v) is 7.30. The Hall–Kier alpha value is -2.03. The average molecular weight is 303 g/mol.